The molecular formula is C19H15F3NO2+. The first kappa shape index (κ1) is 16.8. The van der Waals surface area contributed by atoms with E-state index in [1.165, 1.54) is 41.0 Å². The van der Waals surface area contributed by atoms with Crippen LogP contribution in [0.4, 0.5) is 24.7 Å². The second-order valence-corrected chi connectivity index (χ2v) is 5.60. The van der Waals surface area contributed by atoms with E-state index in [0.717, 1.165) is 11.6 Å². The van der Waals surface area contributed by atoms with E-state index in [4.69, 9.17) is 4.42 Å². The zero-order chi connectivity index (χ0) is 18.2. The standard InChI is InChI=1S/C19H14F3NO2/c1-12-7-8-16(24)15(11-12)23(2)18-10-9-17(25-18)13-5-3-4-6-14(13)19(20,21)22/h3-11H,2H2,1H3/p+1. The van der Waals surface area contributed by atoms with Crippen LogP contribution in [0.3, 0.4) is 0 Å². The average molecular weight is 346 g/mol. The number of furan rings is 1. The number of aromatic hydroxyl groups is 1. The van der Waals surface area contributed by atoms with Crippen LogP contribution in [0.25, 0.3) is 11.3 Å². The zero-order valence-electron chi connectivity index (χ0n) is 13.3. The van der Waals surface area contributed by atoms with E-state index in [1.54, 1.807) is 12.1 Å². The fraction of sp³-hybridized carbons (Fsp3) is 0.105. The second-order valence-electron chi connectivity index (χ2n) is 5.60. The summed E-state index contributed by atoms with van der Waals surface area (Å²) in [6.45, 7) is 5.67. The highest BCUT2D eigenvalue weighted by atomic mass is 19.4. The number of aryl methyl sites for hydroxylation is 1. The summed E-state index contributed by atoms with van der Waals surface area (Å²) in [6.07, 6.45) is -4.48. The Morgan fingerprint density at radius 2 is 1.76 bits per heavy atom. The quantitative estimate of drug-likeness (QED) is 0.501. The van der Waals surface area contributed by atoms with E-state index >= 15 is 0 Å². The first-order chi connectivity index (χ1) is 11.8. The Morgan fingerprint density at radius 3 is 2.48 bits per heavy atom. The number of alkyl halides is 3. The lowest BCUT2D eigenvalue weighted by atomic mass is 10.1. The smallest absolute Gasteiger partial charge is 0.417 e. The van der Waals surface area contributed by atoms with Gasteiger partial charge < -0.3 is 9.52 Å². The molecule has 0 amide bonds. The Hall–Kier alpha value is -3.02. The zero-order valence-corrected chi connectivity index (χ0v) is 13.3. The number of hydrogen-bond acceptors (Lipinski definition) is 2. The third-order valence-corrected chi connectivity index (χ3v) is 3.78. The molecule has 1 aromatic heterocycles. The van der Waals surface area contributed by atoms with Gasteiger partial charge >= 0.3 is 12.1 Å². The minimum absolute atomic E-state index is 0.00533. The number of hydrogen-bond donors (Lipinski definition) is 1. The van der Waals surface area contributed by atoms with Crippen molar-refractivity contribution in [2.75, 3.05) is 0 Å². The van der Waals surface area contributed by atoms with Crippen LogP contribution >= 0.6 is 0 Å². The molecule has 0 saturated heterocycles. The maximum atomic E-state index is 13.2. The van der Waals surface area contributed by atoms with Crippen LogP contribution in [0.15, 0.2) is 59.0 Å². The van der Waals surface area contributed by atoms with Crippen molar-refractivity contribution in [1.29, 1.82) is 0 Å². The second kappa shape index (κ2) is 6.12. The Kier molecular flexibility index (Phi) is 4.12. The molecule has 0 radical (unpaired) electrons. The summed E-state index contributed by atoms with van der Waals surface area (Å²) in [5, 5.41) is 9.97. The molecule has 0 aliphatic carbocycles. The van der Waals surface area contributed by atoms with Crippen molar-refractivity contribution in [3.63, 3.8) is 0 Å². The molecule has 128 valence electrons. The molecule has 0 aliphatic heterocycles. The molecule has 3 aromatic rings. The molecule has 1 heterocycles. The number of benzene rings is 2. The molecule has 2 aromatic carbocycles. The topological polar surface area (TPSA) is 36.4 Å². The van der Waals surface area contributed by atoms with E-state index in [2.05, 4.69) is 6.72 Å². The number of phenolic OH excluding ortho intramolecular Hbond substituents is 1. The van der Waals surface area contributed by atoms with Crippen molar-refractivity contribution in [2.45, 2.75) is 13.1 Å². The molecular weight excluding hydrogens is 331 g/mol. The van der Waals surface area contributed by atoms with Crippen molar-refractivity contribution in [3.8, 4) is 17.1 Å². The number of nitrogens with zero attached hydrogens (tertiary/aromatic N) is 1. The van der Waals surface area contributed by atoms with Crippen LogP contribution in [0.1, 0.15) is 11.1 Å². The van der Waals surface area contributed by atoms with Crippen molar-refractivity contribution in [1.82, 2.24) is 4.58 Å². The summed E-state index contributed by atoms with van der Waals surface area (Å²) in [5.74, 6) is 0.283. The Morgan fingerprint density at radius 1 is 1.04 bits per heavy atom. The van der Waals surface area contributed by atoms with Gasteiger partial charge in [0.25, 0.3) is 5.69 Å². The summed E-state index contributed by atoms with van der Waals surface area (Å²) in [6, 6.07) is 13.1. The van der Waals surface area contributed by atoms with Gasteiger partial charge in [0.2, 0.25) is 0 Å². The molecule has 1 N–H and O–H groups in total. The normalized spacial score (nSPS) is 11.5. The maximum Gasteiger partial charge on any atom is 0.417 e. The van der Waals surface area contributed by atoms with Crippen molar-refractivity contribution < 1.29 is 22.7 Å². The van der Waals surface area contributed by atoms with Crippen LogP contribution in [0.2, 0.25) is 0 Å². The van der Waals surface area contributed by atoms with Crippen LogP contribution in [-0.2, 0) is 6.18 Å². The van der Waals surface area contributed by atoms with E-state index in [9.17, 15) is 18.3 Å². The molecule has 0 atom stereocenters. The largest absolute Gasteiger partial charge is 0.502 e. The SMILES string of the molecule is C=[N+](c1ccc(-c2ccccc2C(F)(F)F)o1)c1cc(C)ccc1O. The lowest BCUT2D eigenvalue weighted by Crippen LogP contribution is -2.06. The van der Waals surface area contributed by atoms with E-state index in [0.29, 0.717) is 5.69 Å². The van der Waals surface area contributed by atoms with Gasteiger partial charge in [0.15, 0.2) is 5.75 Å². The van der Waals surface area contributed by atoms with Crippen molar-refractivity contribution >= 4 is 18.3 Å². The third kappa shape index (κ3) is 3.28. The summed E-state index contributed by atoms with van der Waals surface area (Å²) in [4.78, 5) is 0. The molecule has 0 spiro atoms. The van der Waals surface area contributed by atoms with Crippen LogP contribution < -0.4 is 4.58 Å². The lowest BCUT2D eigenvalue weighted by Gasteiger charge is -2.10. The molecule has 6 heteroatoms. The number of rotatable bonds is 3. The highest BCUT2D eigenvalue weighted by Crippen LogP contribution is 2.39. The highest BCUT2D eigenvalue weighted by Gasteiger charge is 2.34. The van der Waals surface area contributed by atoms with E-state index in [1.807, 2.05) is 6.92 Å². The Bertz CT molecular complexity index is 942. The molecule has 0 aliphatic rings. The fourth-order valence-corrected chi connectivity index (χ4v) is 2.53. The molecule has 0 saturated carbocycles. The number of halogens is 3. The first-order valence-electron chi connectivity index (χ1n) is 7.44. The van der Waals surface area contributed by atoms with E-state index < -0.39 is 11.7 Å². The van der Waals surface area contributed by atoms with E-state index in [-0.39, 0.29) is 23.0 Å². The monoisotopic (exact) mass is 346 g/mol. The highest BCUT2D eigenvalue weighted by molar-refractivity contribution is 5.68. The van der Waals surface area contributed by atoms with Gasteiger partial charge in [0.05, 0.1) is 11.6 Å². The van der Waals surface area contributed by atoms with Gasteiger partial charge in [-0.1, -0.05) is 24.3 Å². The molecule has 3 rings (SSSR count). The average Bonchev–Trinajstić information content (AvgIpc) is 3.05. The van der Waals surface area contributed by atoms with Gasteiger partial charge in [-0.3, -0.25) is 0 Å². The van der Waals surface area contributed by atoms with Crippen LogP contribution in [0, 0.1) is 6.92 Å². The Labute approximate surface area is 142 Å². The minimum Gasteiger partial charge on any atom is -0.502 e. The lowest BCUT2D eigenvalue weighted by molar-refractivity contribution is -0.137. The van der Waals surface area contributed by atoms with Gasteiger partial charge in [-0.2, -0.15) is 13.2 Å². The molecule has 25 heavy (non-hydrogen) atoms. The fourth-order valence-electron chi connectivity index (χ4n) is 2.53. The molecule has 0 unspecified atom stereocenters. The molecule has 3 nitrogen and oxygen atoms in total. The predicted molar refractivity (Wildman–Crippen MR) is 90.6 cm³/mol. The summed E-state index contributed by atoms with van der Waals surface area (Å²) in [5.41, 5.74) is 0.466. The third-order valence-electron chi connectivity index (χ3n) is 3.78. The Balaban J connectivity index is 2.02. The maximum absolute atomic E-state index is 13.2. The van der Waals surface area contributed by atoms with Crippen molar-refractivity contribution in [2.24, 2.45) is 0 Å². The van der Waals surface area contributed by atoms with Gasteiger partial charge in [0.1, 0.15) is 12.5 Å². The minimum atomic E-state index is -4.48. The molecule has 0 bridgehead atoms. The summed E-state index contributed by atoms with van der Waals surface area (Å²) in [7, 11) is 0. The summed E-state index contributed by atoms with van der Waals surface area (Å²) >= 11 is 0. The van der Waals surface area contributed by atoms with Crippen LogP contribution in [-0.4, -0.2) is 11.8 Å². The van der Waals surface area contributed by atoms with Gasteiger partial charge in [-0.05, 0) is 30.7 Å². The predicted octanol–water partition coefficient (Wildman–Crippen LogP) is 5.51. The summed E-state index contributed by atoms with van der Waals surface area (Å²) < 4.78 is 46.4. The number of phenols is 1. The van der Waals surface area contributed by atoms with Gasteiger partial charge in [0, 0.05) is 11.6 Å². The van der Waals surface area contributed by atoms with Crippen molar-refractivity contribution in [3.05, 3.63) is 65.7 Å². The first-order valence-corrected chi connectivity index (χ1v) is 7.44. The molecule has 0 fully saturated rings. The van der Waals surface area contributed by atoms with Gasteiger partial charge in [-0.25, -0.2) is 0 Å². The van der Waals surface area contributed by atoms with Crippen LogP contribution in [0.5, 0.6) is 5.75 Å². The van der Waals surface area contributed by atoms with Gasteiger partial charge in [-0.15, -0.1) is 4.58 Å².